The molecular weight excluding hydrogens is 180 g/mol. The normalized spacial score (nSPS) is 14.9. The molecule has 0 fully saturated rings. The second kappa shape index (κ2) is 4.85. The monoisotopic (exact) mass is 196 g/mol. The first-order chi connectivity index (χ1) is 6.39. The van der Waals surface area contributed by atoms with E-state index in [1.165, 1.54) is 6.08 Å². The largest absolute Gasteiger partial charge is 0.235 e. The highest BCUT2D eigenvalue weighted by molar-refractivity contribution is 5.36. The molecule has 0 aromatic carbocycles. The van der Waals surface area contributed by atoms with Gasteiger partial charge < -0.3 is 0 Å². The predicted octanol–water partition coefficient (Wildman–Crippen LogP) is 2.00. The van der Waals surface area contributed by atoms with E-state index >= 15 is 0 Å². The Morgan fingerprint density at radius 2 is 1.57 bits per heavy atom. The standard InChI is InChI=1S/C10H16N2O2/c1-5-10(4,12-8-14)6-9(2,3)11-7-13/h5-6H2,1-4H3. The first-order valence-corrected chi connectivity index (χ1v) is 4.57. The fourth-order valence-electron chi connectivity index (χ4n) is 1.45. The molecule has 1 unspecified atom stereocenters. The molecule has 78 valence electrons. The van der Waals surface area contributed by atoms with Gasteiger partial charge in [0.25, 0.3) is 0 Å². The lowest BCUT2D eigenvalue weighted by Crippen LogP contribution is -2.32. The molecule has 0 spiro atoms. The quantitative estimate of drug-likeness (QED) is 0.498. The van der Waals surface area contributed by atoms with E-state index in [1.807, 2.05) is 27.7 Å². The van der Waals surface area contributed by atoms with Gasteiger partial charge in [-0.3, -0.25) is 0 Å². The number of isocyanates is 2. The Morgan fingerprint density at radius 3 is 1.93 bits per heavy atom. The average molecular weight is 196 g/mol. The van der Waals surface area contributed by atoms with Crippen molar-refractivity contribution in [2.75, 3.05) is 0 Å². The number of hydrogen-bond donors (Lipinski definition) is 0. The maximum absolute atomic E-state index is 10.2. The molecule has 0 amide bonds. The summed E-state index contributed by atoms with van der Waals surface area (Å²) in [5.74, 6) is 0. The zero-order chi connectivity index (χ0) is 11.2. The van der Waals surface area contributed by atoms with E-state index in [0.29, 0.717) is 12.8 Å². The van der Waals surface area contributed by atoms with Gasteiger partial charge in [-0.15, -0.1) is 0 Å². The van der Waals surface area contributed by atoms with Crippen LogP contribution in [0.25, 0.3) is 0 Å². The molecule has 0 aromatic rings. The Kier molecular flexibility index (Phi) is 4.42. The van der Waals surface area contributed by atoms with Crippen LogP contribution in [0.4, 0.5) is 0 Å². The lowest BCUT2D eigenvalue weighted by atomic mass is 9.85. The molecule has 0 aliphatic carbocycles. The second-order valence-electron chi connectivity index (χ2n) is 4.25. The third-order valence-corrected chi connectivity index (χ3v) is 2.24. The van der Waals surface area contributed by atoms with Crippen LogP contribution in [0.2, 0.25) is 0 Å². The minimum Gasteiger partial charge on any atom is -0.211 e. The zero-order valence-electron chi connectivity index (χ0n) is 9.13. The van der Waals surface area contributed by atoms with Gasteiger partial charge in [-0.25, -0.2) is 9.59 Å². The van der Waals surface area contributed by atoms with Gasteiger partial charge in [0.05, 0.1) is 11.1 Å². The molecule has 0 aromatic heterocycles. The van der Waals surface area contributed by atoms with Crippen molar-refractivity contribution in [3.05, 3.63) is 0 Å². The van der Waals surface area contributed by atoms with Gasteiger partial charge in [0.1, 0.15) is 0 Å². The predicted molar refractivity (Wildman–Crippen MR) is 53.6 cm³/mol. The van der Waals surface area contributed by atoms with Gasteiger partial charge in [0.2, 0.25) is 12.2 Å². The van der Waals surface area contributed by atoms with Gasteiger partial charge in [0, 0.05) is 0 Å². The van der Waals surface area contributed by atoms with E-state index in [-0.39, 0.29) is 0 Å². The number of nitrogens with zero attached hydrogens (tertiary/aromatic N) is 2. The van der Waals surface area contributed by atoms with Gasteiger partial charge in [-0.05, 0) is 33.6 Å². The Hall–Kier alpha value is -1.24. The summed E-state index contributed by atoms with van der Waals surface area (Å²) in [4.78, 5) is 27.8. The molecule has 14 heavy (non-hydrogen) atoms. The summed E-state index contributed by atoms with van der Waals surface area (Å²) in [5.41, 5.74) is -1.03. The van der Waals surface area contributed by atoms with Crippen molar-refractivity contribution >= 4 is 12.2 Å². The summed E-state index contributed by atoms with van der Waals surface area (Å²) in [6, 6.07) is 0. The Balaban J connectivity index is 4.76. The van der Waals surface area contributed by atoms with Crippen LogP contribution in [0.5, 0.6) is 0 Å². The molecule has 4 nitrogen and oxygen atoms in total. The Morgan fingerprint density at radius 1 is 1.07 bits per heavy atom. The molecule has 0 rings (SSSR count). The van der Waals surface area contributed by atoms with Crippen molar-refractivity contribution in [3.63, 3.8) is 0 Å². The van der Waals surface area contributed by atoms with Gasteiger partial charge in [-0.2, -0.15) is 9.98 Å². The highest BCUT2D eigenvalue weighted by atomic mass is 16.1. The van der Waals surface area contributed by atoms with E-state index in [4.69, 9.17) is 0 Å². The Labute approximate surface area is 84.1 Å². The van der Waals surface area contributed by atoms with Gasteiger partial charge in [-0.1, -0.05) is 6.92 Å². The highest BCUT2D eigenvalue weighted by Gasteiger charge is 2.30. The number of aliphatic imine (C=N–C) groups is 2. The van der Waals surface area contributed by atoms with E-state index in [9.17, 15) is 9.59 Å². The fourth-order valence-corrected chi connectivity index (χ4v) is 1.45. The zero-order valence-corrected chi connectivity index (χ0v) is 9.13. The smallest absolute Gasteiger partial charge is 0.211 e. The van der Waals surface area contributed by atoms with Crippen molar-refractivity contribution in [3.8, 4) is 0 Å². The molecule has 0 aliphatic heterocycles. The van der Waals surface area contributed by atoms with Crippen molar-refractivity contribution in [2.24, 2.45) is 9.98 Å². The van der Waals surface area contributed by atoms with Crippen LogP contribution in [0.1, 0.15) is 40.5 Å². The molecular formula is C10H16N2O2. The van der Waals surface area contributed by atoms with Crippen molar-refractivity contribution < 1.29 is 9.59 Å². The summed E-state index contributed by atoms with van der Waals surface area (Å²) in [6.07, 6.45) is 4.33. The maximum Gasteiger partial charge on any atom is 0.235 e. The highest BCUT2D eigenvalue weighted by Crippen LogP contribution is 2.28. The second-order valence-corrected chi connectivity index (χ2v) is 4.25. The van der Waals surface area contributed by atoms with Gasteiger partial charge in [0.15, 0.2) is 0 Å². The SMILES string of the molecule is CCC(C)(CC(C)(C)N=C=O)N=C=O. The van der Waals surface area contributed by atoms with E-state index < -0.39 is 11.1 Å². The Bertz CT molecular complexity index is 286. The molecule has 0 N–H and O–H groups in total. The summed E-state index contributed by atoms with van der Waals surface area (Å²) >= 11 is 0. The fraction of sp³-hybridized carbons (Fsp3) is 0.800. The molecule has 0 saturated heterocycles. The van der Waals surface area contributed by atoms with Crippen molar-refractivity contribution in [2.45, 2.75) is 51.6 Å². The van der Waals surface area contributed by atoms with Crippen LogP contribution in [-0.2, 0) is 9.59 Å². The van der Waals surface area contributed by atoms with Crippen LogP contribution >= 0.6 is 0 Å². The molecule has 4 heteroatoms. The van der Waals surface area contributed by atoms with E-state index in [1.54, 1.807) is 6.08 Å². The summed E-state index contributed by atoms with van der Waals surface area (Å²) < 4.78 is 0. The number of rotatable bonds is 5. The van der Waals surface area contributed by atoms with Crippen LogP contribution in [0.3, 0.4) is 0 Å². The van der Waals surface area contributed by atoms with Crippen LogP contribution < -0.4 is 0 Å². The maximum atomic E-state index is 10.2. The molecule has 0 saturated carbocycles. The van der Waals surface area contributed by atoms with E-state index in [0.717, 1.165) is 0 Å². The lowest BCUT2D eigenvalue weighted by molar-refractivity contribution is 0.323. The van der Waals surface area contributed by atoms with Crippen molar-refractivity contribution in [1.29, 1.82) is 0 Å². The molecule has 0 radical (unpaired) electrons. The summed E-state index contributed by atoms with van der Waals surface area (Å²) in [7, 11) is 0. The van der Waals surface area contributed by atoms with Gasteiger partial charge >= 0.3 is 0 Å². The minimum atomic E-state index is -0.535. The van der Waals surface area contributed by atoms with Crippen LogP contribution in [0, 0.1) is 0 Å². The third-order valence-electron chi connectivity index (χ3n) is 2.24. The first-order valence-electron chi connectivity index (χ1n) is 4.57. The minimum absolute atomic E-state index is 0.494. The summed E-state index contributed by atoms with van der Waals surface area (Å²) in [6.45, 7) is 7.40. The lowest BCUT2D eigenvalue weighted by Gasteiger charge is -2.28. The average Bonchev–Trinajstić information content (AvgIpc) is 2.03. The van der Waals surface area contributed by atoms with Crippen molar-refractivity contribution in [1.82, 2.24) is 0 Å². The topological polar surface area (TPSA) is 58.9 Å². The summed E-state index contributed by atoms with van der Waals surface area (Å²) in [5, 5.41) is 0. The van der Waals surface area contributed by atoms with Crippen LogP contribution in [-0.4, -0.2) is 23.2 Å². The molecule has 0 heterocycles. The van der Waals surface area contributed by atoms with E-state index in [2.05, 4.69) is 9.98 Å². The van der Waals surface area contributed by atoms with Crippen LogP contribution in [0.15, 0.2) is 9.98 Å². The third kappa shape index (κ3) is 4.13. The number of carbonyl (C=O) groups excluding carboxylic acids is 2. The number of hydrogen-bond acceptors (Lipinski definition) is 4. The first kappa shape index (κ1) is 12.8. The molecule has 0 bridgehead atoms. The molecule has 0 aliphatic rings. The molecule has 1 atom stereocenters.